The summed E-state index contributed by atoms with van der Waals surface area (Å²) in [6, 6.07) is 8.09. The van der Waals surface area contributed by atoms with Gasteiger partial charge >= 0.3 is 0 Å². The van der Waals surface area contributed by atoms with Crippen LogP contribution in [0.25, 0.3) is 11.4 Å². The lowest BCUT2D eigenvalue weighted by Crippen LogP contribution is -2.46. The molecule has 0 saturated carbocycles. The van der Waals surface area contributed by atoms with Crippen molar-refractivity contribution in [2.75, 3.05) is 31.5 Å². The van der Waals surface area contributed by atoms with Crippen LogP contribution in [-0.4, -0.2) is 61.4 Å². The van der Waals surface area contributed by atoms with Crippen molar-refractivity contribution in [2.24, 2.45) is 0 Å². The summed E-state index contributed by atoms with van der Waals surface area (Å²) in [5, 5.41) is 13.1. The van der Waals surface area contributed by atoms with Crippen LogP contribution in [0, 0.1) is 10.9 Å². The SMILES string of the molecule is Cc1ccccc1-c1noc(CN2CCN(Cn3nc(NC(C)(C)C)sc3=S)CC2)n1. The quantitative estimate of drug-likeness (QED) is 0.554. The fraction of sp³-hybridized carbons (Fsp3) is 0.524. The summed E-state index contributed by atoms with van der Waals surface area (Å²) in [4.78, 5) is 9.32. The number of hydrogen-bond donors (Lipinski definition) is 1. The summed E-state index contributed by atoms with van der Waals surface area (Å²) in [7, 11) is 0. The van der Waals surface area contributed by atoms with Gasteiger partial charge in [-0.05, 0) is 45.5 Å². The van der Waals surface area contributed by atoms with E-state index in [1.54, 1.807) is 0 Å². The number of anilines is 1. The predicted molar refractivity (Wildman–Crippen MR) is 126 cm³/mol. The molecule has 1 aliphatic rings. The van der Waals surface area contributed by atoms with Gasteiger partial charge in [-0.25, -0.2) is 4.68 Å². The Morgan fingerprint density at radius 3 is 2.55 bits per heavy atom. The Hall–Kier alpha value is -2.14. The molecule has 3 heterocycles. The minimum atomic E-state index is -0.0309. The molecule has 1 fully saturated rings. The van der Waals surface area contributed by atoms with Gasteiger partial charge in [-0.3, -0.25) is 9.80 Å². The summed E-state index contributed by atoms with van der Waals surface area (Å²) in [6.07, 6.45) is 0. The summed E-state index contributed by atoms with van der Waals surface area (Å²) in [6.45, 7) is 13.6. The topological polar surface area (TPSA) is 75.2 Å². The van der Waals surface area contributed by atoms with Crippen LogP contribution < -0.4 is 5.32 Å². The molecule has 8 nitrogen and oxygen atoms in total. The molecule has 0 spiro atoms. The number of nitrogens with one attached hydrogen (secondary N) is 1. The van der Waals surface area contributed by atoms with Crippen LogP contribution in [0.4, 0.5) is 5.13 Å². The highest BCUT2D eigenvalue weighted by Gasteiger charge is 2.21. The van der Waals surface area contributed by atoms with Crippen LogP contribution in [0.5, 0.6) is 0 Å². The van der Waals surface area contributed by atoms with Crippen LogP contribution >= 0.6 is 23.6 Å². The van der Waals surface area contributed by atoms with E-state index in [1.807, 2.05) is 22.9 Å². The van der Waals surface area contributed by atoms with Crippen molar-refractivity contribution in [1.29, 1.82) is 0 Å². The number of benzene rings is 1. The van der Waals surface area contributed by atoms with Crippen molar-refractivity contribution < 1.29 is 4.52 Å². The molecule has 31 heavy (non-hydrogen) atoms. The number of aromatic nitrogens is 4. The molecule has 0 radical (unpaired) electrons. The summed E-state index contributed by atoms with van der Waals surface area (Å²) in [5.74, 6) is 1.32. The first kappa shape index (κ1) is 22.1. The van der Waals surface area contributed by atoms with Gasteiger partial charge in [-0.2, -0.15) is 4.98 Å². The largest absolute Gasteiger partial charge is 0.356 e. The molecular weight excluding hydrogens is 430 g/mol. The number of piperazine rings is 1. The Morgan fingerprint density at radius 1 is 1.13 bits per heavy atom. The molecule has 0 atom stereocenters. The Balaban J connectivity index is 1.30. The zero-order valence-electron chi connectivity index (χ0n) is 18.5. The molecular formula is C21H29N7OS2. The second-order valence-corrected chi connectivity index (χ2v) is 10.5. The van der Waals surface area contributed by atoms with Gasteiger partial charge in [0.1, 0.15) is 0 Å². The average molecular weight is 460 g/mol. The van der Waals surface area contributed by atoms with Crippen molar-refractivity contribution >= 4 is 28.7 Å². The molecule has 1 aromatic carbocycles. The van der Waals surface area contributed by atoms with Crippen LogP contribution in [-0.2, 0) is 13.2 Å². The third-order valence-corrected chi connectivity index (χ3v) is 6.32. The fourth-order valence-electron chi connectivity index (χ4n) is 3.49. The first-order valence-corrected chi connectivity index (χ1v) is 11.7. The first-order chi connectivity index (χ1) is 14.8. The van der Waals surface area contributed by atoms with E-state index in [0.717, 1.165) is 46.4 Å². The predicted octanol–water partition coefficient (Wildman–Crippen LogP) is 4.02. The molecule has 2 aromatic heterocycles. The molecule has 1 N–H and O–H groups in total. The van der Waals surface area contributed by atoms with Gasteiger partial charge < -0.3 is 9.84 Å². The zero-order valence-corrected chi connectivity index (χ0v) is 20.1. The summed E-state index contributed by atoms with van der Waals surface area (Å²) >= 11 is 7.03. The monoisotopic (exact) mass is 459 g/mol. The lowest BCUT2D eigenvalue weighted by molar-refractivity contribution is 0.0912. The maximum Gasteiger partial charge on any atom is 0.241 e. The van der Waals surface area contributed by atoms with E-state index in [-0.39, 0.29) is 5.54 Å². The minimum absolute atomic E-state index is 0.0309. The number of aryl methyl sites for hydroxylation is 1. The van der Waals surface area contributed by atoms with Gasteiger partial charge in [0, 0.05) is 37.3 Å². The Kier molecular flexibility index (Phi) is 6.52. The minimum Gasteiger partial charge on any atom is -0.356 e. The van der Waals surface area contributed by atoms with E-state index < -0.39 is 0 Å². The summed E-state index contributed by atoms with van der Waals surface area (Å²) in [5.41, 5.74) is 2.13. The molecule has 1 saturated heterocycles. The standard InChI is InChI=1S/C21H29N7OS2/c1-15-7-5-6-8-16(15)18-22-17(29-25-18)13-26-9-11-27(12-10-26)14-28-20(30)31-19(24-28)23-21(2,3)4/h5-8H,9-14H2,1-4H3,(H,23,24). The molecule has 166 valence electrons. The maximum atomic E-state index is 5.51. The highest BCUT2D eigenvalue weighted by molar-refractivity contribution is 7.73. The second-order valence-electron chi connectivity index (χ2n) is 8.91. The van der Waals surface area contributed by atoms with Gasteiger partial charge in [-0.15, -0.1) is 5.10 Å². The van der Waals surface area contributed by atoms with Crippen LogP contribution in [0.1, 0.15) is 32.2 Å². The molecule has 4 rings (SSSR count). The highest BCUT2D eigenvalue weighted by atomic mass is 32.1. The van der Waals surface area contributed by atoms with E-state index in [1.165, 1.54) is 11.3 Å². The van der Waals surface area contributed by atoms with Crippen LogP contribution in [0.15, 0.2) is 28.8 Å². The number of nitrogens with zero attached hydrogens (tertiary/aromatic N) is 6. The van der Waals surface area contributed by atoms with Gasteiger partial charge in [0.2, 0.25) is 16.8 Å². The van der Waals surface area contributed by atoms with E-state index in [4.69, 9.17) is 16.7 Å². The van der Waals surface area contributed by atoms with Gasteiger partial charge in [0.15, 0.2) is 3.95 Å². The highest BCUT2D eigenvalue weighted by Crippen LogP contribution is 2.21. The van der Waals surface area contributed by atoms with Crippen molar-refractivity contribution in [3.05, 3.63) is 39.7 Å². The molecule has 1 aliphatic heterocycles. The van der Waals surface area contributed by atoms with Crippen molar-refractivity contribution in [3.63, 3.8) is 0 Å². The molecule has 0 aliphatic carbocycles. The van der Waals surface area contributed by atoms with Gasteiger partial charge in [-0.1, -0.05) is 40.8 Å². The average Bonchev–Trinajstić information content (AvgIpc) is 3.29. The molecule has 0 bridgehead atoms. The van der Waals surface area contributed by atoms with Gasteiger partial charge in [0.25, 0.3) is 0 Å². The molecule has 0 amide bonds. The normalized spacial score (nSPS) is 16.0. The Labute approximate surface area is 191 Å². The molecule has 0 unspecified atom stereocenters. The Bertz CT molecular complexity index is 1070. The van der Waals surface area contributed by atoms with Crippen molar-refractivity contribution in [2.45, 2.75) is 46.4 Å². The fourth-order valence-corrected chi connectivity index (χ4v) is 4.69. The van der Waals surface area contributed by atoms with E-state index in [9.17, 15) is 0 Å². The van der Waals surface area contributed by atoms with E-state index >= 15 is 0 Å². The third kappa shape index (κ3) is 5.76. The lowest BCUT2D eigenvalue weighted by Gasteiger charge is -2.33. The number of rotatable bonds is 6. The summed E-state index contributed by atoms with van der Waals surface area (Å²) < 4.78 is 8.22. The third-order valence-electron chi connectivity index (χ3n) is 5.10. The molecule has 10 heteroatoms. The van der Waals surface area contributed by atoms with Gasteiger partial charge in [0.05, 0.1) is 13.2 Å². The Morgan fingerprint density at radius 2 is 1.84 bits per heavy atom. The van der Waals surface area contributed by atoms with E-state index in [2.05, 4.69) is 64.1 Å². The maximum absolute atomic E-state index is 5.51. The van der Waals surface area contributed by atoms with Crippen LogP contribution in [0.2, 0.25) is 0 Å². The number of hydrogen-bond acceptors (Lipinski definition) is 9. The van der Waals surface area contributed by atoms with E-state index in [0.29, 0.717) is 24.9 Å². The van der Waals surface area contributed by atoms with Crippen molar-refractivity contribution in [1.82, 2.24) is 29.7 Å². The smallest absolute Gasteiger partial charge is 0.241 e. The zero-order chi connectivity index (χ0) is 22.0. The second kappa shape index (κ2) is 9.15. The molecule has 3 aromatic rings. The van der Waals surface area contributed by atoms with Crippen molar-refractivity contribution in [3.8, 4) is 11.4 Å². The lowest BCUT2D eigenvalue weighted by atomic mass is 10.1. The first-order valence-electron chi connectivity index (χ1n) is 10.5. The van der Waals surface area contributed by atoms with Crippen LogP contribution in [0.3, 0.4) is 0 Å².